The molecule has 4 aromatic rings. The third-order valence-corrected chi connectivity index (χ3v) is 24.6. The van der Waals surface area contributed by atoms with Crippen molar-refractivity contribution in [3.63, 3.8) is 0 Å². The van der Waals surface area contributed by atoms with Crippen LogP contribution in [0.5, 0.6) is 0 Å². The van der Waals surface area contributed by atoms with Crippen molar-refractivity contribution in [2.75, 3.05) is 72.0 Å². The van der Waals surface area contributed by atoms with E-state index in [1.54, 1.807) is 12.4 Å². The standard InChI is InChI=1S/C20H35BN2O3Si.C14H23BrN2OSi.C8H9BrN2O.C8H9N2O.4CH4.Ar.W/c1-18(2,3)27(8,9)24-16-13-23(14-16)17-11-10-15(12-22-17)21-25-19(4,5)20(6,7)26-21;1-14(2,3)19(4,5)18-12-9-17(10-12)13-7-6-11(15)8-16-13;9-6-1-2-8(10-3-6)11-4-7(12)5-11;11-7-5-10(6-7)8-3-1-2-4-9-8;;;;;;/h10-12,16H,13-14H2,1-9H3;6-8,12H,9-10H2,1-5H3;1-3,7,12H,4-5H2;1,3-4,7,11H,5-6H2;4*1H4;;/q;;;-1;;;;;;. The number of halogens is 2. The summed E-state index contributed by atoms with van der Waals surface area (Å²) in [5.74, 6) is 3.89. The fourth-order valence-electron chi connectivity index (χ4n) is 7.18. The van der Waals surface area contributed by atoms with Crippen molar-refractivity contribution < 1.29 is 87.2 Å². The molecule has 0 spiro atoms. The fourth-order valence-corrected chi connectivity index (χ4v) is 10.3. The van der Waals surface area contributed by atoms with Gasteiger partial charge in [0.25, 0.3) is 0 Å². The molecule has 2 N–H and O–H groups in total. The molecule has 0 atom stereocenters. The van der Waals surface area contributed by atoms with E-state index in [4.69, 9.17) is 28.4 Å². The minimum Gasteiger partial charge on any atom is -0.410 e. The number of anilines is 4. The molecule has 424 valence electrons. The van der Waals surface area contributed by atoms with Gasteiger partial charge in [-0.05, 0) is 126 Å². The average Bonchev–Trinajstić information content (AvgIpc) is 3.44. The number of nitrogens with zero attached hydrogens (tertiary/aromatic N) is 8. The smallest absolute Gasteiger partial charge is 0.410 e. The van der Waals surface area contributed by atoms with Gasteiger partial charge in [0.2, 0.25) is 0 Å². The number of rotatable bonds is 9. The molecule has 5 aliphatic rings. The van der Waals surface area contributed by atoms with Gasteiger partial charge in [-0.3, -0.25) is 4.98 Å². The number of aromatic nitrogens is 4. The van der Waals surface area contributed by atoms with Crippen LogP contribution < -0.4 is 25.1 Å². The second-order valence-electron chi connectivity index (χ2n) is 22.8. The molecule has 4 aromatic heterocycles. The largest absolute Gasteiger partial charge is 0.496 e. The van der Waals surface area contributed by atoms with Crippen molar-refractivity contribution in [1.29, 1.82) is 0 Å². The van der Waals surface area contributed by atoms with Crippen molar-refractivity contribution in [2.45, 2.75) is 171 Å². The molecule has 9 heterocycles. The SMILES string of the molecule is C.C.C.C.CC(C)(C)[Si](C)(C)OC1CN(c2ccc(Br)cn2)C1.CC1(C)OB(c2ccc(N3CC(O[Si](C)(C)C(C)(C)C)C3)nc2)OC1(C)C.OC1CN(c2cc[c-]cn2)C1.OC1CN(c2ccc(Br)cn2)C1.[Ar].[W]. The van der Waals surface area contributed by atoms with E-state index in [2.05, 4.69) is 175 Å². The van der Waals surface area contributed by atoms with E-state index in [9.17, 15) is 0 Å². The summed E-state index contributed by atoms with van der Waals surface area (Å²) in [5.41, 5.74) is 0.302. The Bertz CT molecular complexity index is 2230. The molecule has 0 aromatic carbocycles. The Hall–Kier alpha value is -1.03. The third kappa shape index (κ3) is 19.9. The minimum atomic E-state index is -1.70. The number of hydrogen-bond donors (Lipinski definition) is 2. The molecule has 0 saturated carbocycles. The summed E-state index contributed by atoms with van der Waals surface area (Å²) in [6.07, 6.45) is 7.47. The zero-order valence-electron chi connectivity index (χ0n) is 44.1. The van der Waals surface area contributed by atoms with Crippen LogP contribution >= 0.6 is 31.9 Å². The van der Waals surface area contributed by atoms with E-state index in [1.165, 1.54) is 0 Å². The van der Waals surface area contributed by atoms with Crippen LogP contribution in [0.15, 0.2) is 82.3 Å². The first-order chi connectivity index (χ1) is 32.0. The molecule has 5 saturated heterocycles. The van der Waals surface area contributed by atoms with Crippen molar-refractivity contribution in [3.05, 3.63) is 88.3 Å². The first-order valence-corrected chi connectivity index (χ1v) is 31.5. The molecule has 5 fully saturated rings. The van der Waals surface area contributed by atoms with Gasteiger partial charge < -0.3 is 48.0 Å². The molecular weight excluding hydrogens is 1310 g/mol. The van der Waals surface area contributed by atoms with Crippen LogP contribution in [-0.2, 0) is 39.2 Å². The van der Waals surface area contributed by atoms with Crippen molar-refractivity contribution >= 4 is 84.3 Å². The molecule has 0 bridgehead atoms. The first-order valence-electron chi connectivity index (χ1n) is 24.1. The predicted octanol–water partition coefficient (Wildman–Crippen LogP) is 11.3. The van der Waals surface area contributed by atoms with Gasteiger partial charge in [-0.2, -0.15) is 6.07 Å². The van der Waals surface area contributed by atoms with Crippen LogP contribution in [0.1, 0.15) is 98.9 Å². The van der Waals surface area contributed by atoms with Crippen LogP contribution in [0.2, 0.25) is 36.3 Å². The summed E-state index contributed by atoms with van der Waals surface area (Å²) in [4.78, 5) is 26.0. The fraction of sp³-hybridized carbons (Fsp3) is 0.630. The van der Waals surface area contributed by atoms with E-state index in [0.29, 0.717) is 38.4 Å². The molecule has 5 aliphatic heterocycles. The number of pyridine rings is 4. The number of aliphatic hydroxyl groups is 2. The third-order valence-electron chi connectivity index (χ3n) is 14.6. The van der Waals surface area contributed by atoms with Gasteiger partial charge in [0.15, 0.2) is 16.6 Å². The summed E-state index contributed by atoms with van der Waals surface area (Å²) < 4.78 is 27.0. The quantitative estimate of drug-likeness (QED) is 0.121. The summed E-state index contributed by atoms with van der Waals surface area (Å²) >= 11 is 6.72. The summed E-state index contributed by atoms with van der Waals surface area (Å²) in [5, 5.41) is 18.6. The Kier molecular flexibility index (Phi) is 29.7. The van der Waals surface area contributed by atoms with Gasteiger partial charge in [0.05, 0.1) is 35.6 Å². The van der Waals surface area contributed by atoms with Crippen LogP contribution in [0, 0.1) is 43.8 Å². The van der Waals surface area contributed by atoms with Crippen molar-refractivity contribution in [2.24, 2.45) is 0 Å². The molecule has 75 heavy (non-hydrogen) atoms. The summed E-state index contributed by atoms with van der Waals surface area (Å²) in [6.45, 7) is 37.8. The zero-order valence-corrected chi connectivity index (χ0v) is 52.9. The first kappa shape index (κ1) is 74.0. The number of aliphatic hydroxyl groups excluding tert-OH is 2. The summed E-state index contributed by atoms with van der Waals surface area (Å²) in [6, 6.07) is 18.7. The maximum absolute atomic E-state index is 9.06. The second kappa shape index (κ2) is 30.1. The van der Waals surface area contributed by atoms with Gasteiger partial charge in [-0.25, -0.2) is 27.1 Å². The van der Waals surface area contributed by atoms with Gasteiger partial charge in [0.1, 0.15) is 17.5 Å². The van der Waals surface area contributed by atoms with Crippen molar-refractivity contribution in [1.82, 2.24) is 19.9 Å². The molecule has 0 radical (unpaired) electrons. The Morgan fingerprint density at radius 2 is 0.907 bits per heavy atom. The van der Waals surface area contributed by atoms with Crippen molar-refractivity contribution in [3.8, 4) is 0 Å². The monoisotopic (exact) mass is 1400 g/mol. The van der Waals surface area contributed by atoms with Gasteiger partial charge in [0, 0.05) is 150 Å². The van der Waals surface area contributed by atoms with Crippen LogP contribution in [-0.4, -0.2) is 142 Å². The Balaban J connectivity index is 0.00000100. The Morgan fingerprint density at radius 3 is 1.19 bits per heavy atom. The van der Waals surface area contributed by atoms with Crippen LogP contribution in [0.25, 0.3) is 0 Å². The summed E-state index contributed by atoms with van der Waals surface area (Å²) in [7, 11) is -3.69. The van der Waals surface area contributed by atoms with Gasteiger partial charge in [-0.1, -0.05) is 83.5 Å². The second-order valence-corrected chi connectivity index (χ2v) is 34.1. The van der Waals surface area contributed by atoms with E-state index in [0.717, 1.165) is 63.9 Å². The molecule has 21 heteroatoms. The van der Waals surface area contributed by atoms with Crippen LogP contribution in [0.4, 0.5) is 23.3 Å². The van der Waals surface area contributed by atoms with E-state index >= 15 is 0 Å². The topological polar surface area (TPSA) is 142 Å². The number of β-amino-alcohol motifs (C(OH)–C–C–N with tert-alkyl or cyclic N) is 2. The molecule has 14 nitrogen and oxygen atoms in total. The predicted molar refractivity (Wildman–Crippen MR) is 319 cm³/mol. The number of hydrogen-bond acceptors (Lipinski definition) is 14. The Labute approximate surface area is 517 Å². The van der Waals surface area contributed by atoms with Gasteiger partial charge >= 0.3 is 7.12 Å². The van der Waals surface area contributed by atoms with E-state index in [1.807, 2.05) is 58.6 Å². The molecule has 0 amide bonds. The maximum Gasteiger partial charge on any atom is 0.496 e. The molecule has 0 aliphatic carbocycles. The molecule has 0 unspecified atom stereocenters. The average molecular weight is 1400 g/mol. The molecule has 9 rings (SSSR count). The van der Waals surface area contributed by atoms with Gasteiger partial charge in [-0.15, -0.1) is 0 Å². The van der Waals surface area contributed by atoms with E-state index < -0.39 is 16.6 Å². The zero-order chi connectivity index (χ0) is 50.7. The van der Waals surface area contributed by atoms with Crippen LogP contribution in [0.3, 0.4) is 0 Å². The van der Waals surface area contributed by atoms with E-state index in [-0.39, 0.29) is 129 Å². The Morgan fingerprint density at radius 1 is 0.573 bits per heavy atom. The maximum atomic E-state index is 9.06. The molecular formula is C54H92ArBBr2N8O6Si2W-. The minimum absolute atomic E-state index is 0. The normalized spacial score (nSPS) is 18.1.